The van der Waals surface area contributed by atoms with Crippen molar-refractivity contribution in [1.29, 1.82) is 0 Å². The summed E-state index contributed by atoms with van der Waals surface area (Å²) in [6.07, 6.45) is 4.14. The zero-order valence-corrected chi connectivity index (χ0v) is 17.1. The summed E-state index contributed by atoms with van der Waals surface area (Å²) in [5.41, 5.74) is 16.5. The molecule has 4 rings (SSSR count). The van der Waals surface area contributed by atoms with E-state index >= 15 is 0 Å². The second-order valence-corrected chi connectivity index (χ2v) is 6.93. The molecule has 7 nitrogen and oxygen atoms in total. The van der Waals surface area contributed by atoms with Crippen LogP contribution >= 0.6 is 0 Å². The minimum Gasteiger partial charge on any atom is -0.493 e. The highest BCUT2D eigenvalue weighted by Crippen LogP contribution is 2.41. The Morgan fingerprint density at radius 3 is 2.37 bits per heavy atom. The topological polar surface area (TPSA) is 112 Å². The van der Waals surface area contributed by atoms with Crippen molar-refractivity contribution in [2.45, 2.75) is 20.3 Å². The van der Waals surface area contributed by atoms with Crippen molar-refractivity contribution in [2.75, 3.05) is 24.7 Å². The average Bonchev–Trinajstić information content (AvgIpc) is 3.18. The van der Waals surface area contributed by atoms with Gasteiger partial charge in [-0.15, -0.1) is 0 Å². The van der Waals surface area contributed by atoms with Gasteiger partial charge in [-0.3, -0.25) is 0 Å². The van der Waals surface area contributed by atoms with Crippen LogP contribution in [-0.4, -0.2) is 28.2 Å². The average molecular weight is 403 g/mol. The number of nitrogens with two attached hydrogens (primary N) is 2. The van der Waals surface area contributed by atoms with Gasteiger partial charge in [-0.1, -0.05) is 12.1 Å². The molecule has 0 aliphatic heterocycles. The molecule has 0 amide bonds. The van der Waals surface area contributed by atoms with E-state index in [-0.39, 0.29) is 5.95 Å². The van der Waals surface area contributed by atoms with Crippen molar-refractivity contribution < 1.29 is 9.47 Å². The van der Waals surface area contributed by atoms with Crippen LogP contribution in [0.5, 0.6) is 11.5 Å². The highest BCUT2D eigenvalue weighted by molar-refractivity contribution is 5.88. The van der Waals surface area contributed by atoms with E-state index in [1.807, 2.05) is 38.2 Å². The van der Waals surface area contributed by atoms with Crippen molar-refractivity contribution in [3.8, 4) is 22.6 Å². The van der Waals surface area contributed by atoms with Gasteiger partial charge in [0.1, 0.15) is 17.3 Å². The van der Waals surface area contributed by atoms with Crippen LogP contribution in [0.1, 0.15) is 25.0 Å². The molecule has 0 fully saturated rings. The van der Waals surface area contributed by atoms with E-state index in [4.69, 9.17) is 20.9 Å². The fourth-order valence-electron chi connectivity index (χ4n) is 3.56. The van der Waals surface area contributed by atoms with Crippen LogP contribution in [0.3, 0.4) is 0 Å². The second kappa shape index (κ2) is 8.32. The molecular formula is C23H25N5O2. The molecular weight excluding hydrogens is 378 g/mol. The van der Waals surface area contributed by atoms with Gasteiger partial charge in [0.15, 0.2) is 0 Å². The number of rotatable bonds is 7. The normalized spacial score (nSPS) is 11.0. The number of aromatic nitrogens is 3. The lowest BCUT2D eigenvalue weighted by molar-refractivity contribution is 0.325. The number of nitrogens with zero attached hydrogens (tertiary/aromatic N) is 2. The van der Waals surface area contributed by atoms with Gasteiger partial charge in [0.25, 0.3) is 0 Å². The van der Waals surface area contributed by atoms with Gasteiger partial charge in [0.2, 0.25) is 5.95 Å². The first-order valence-electron chi connectivity index (χ1n) is 9.96. The number of nitrogen functional groups attached to an aromatic ring is 2. The fourth-order valence-corrected chi connectivity index (χ4v) is 3.56. The molecule has 0 saturated heterocycles. The molecule has 0 saturated carbocycles. The molecule has 5 N–H and O–H groups in total. The minimum atomic E-state index is 0.163. The summed E-state index contributed by atoms with van der Waals surface area (Å²) in [5, 5.41) is 1.16. The summed E-state index contributed by atoms with van der Waals surface area (Å²) in [4.78, 5) is 11.4. The van der Waals surface area contributed by atoms with Crippen molar-refractivity contribution >= 4 is 22.7 Å². The molecule has 2 aromatic heterocycles. The third kappa shape index (κ3) is 3.87. The predicted octanol–water partition coefficient (Wildman–Crippen LogP) is 4.18. The second-order valence-electron chi connectivity index (χ2n) is 6.93. The maximum Gasteiger partial charge on any atom is 0.221 e. The molecule has 7 heteroatoms. The first kappa shape index (κ1) is 19.6. The van der Waals surface area contributed by atoms with Gasteiger partial charge >= 0.3 is 0 Å². The monoisotopic (exact) mass is 403 g/mol. The van der Waals surface area contributed by atoms with Crippen LogP contribution < -0.4 is 20.9 Å². The number of ether oxygens (including phenoxy) is 2. The van der Waals surface area contributed by atoms with Crippen molar-refractivity contribution in [3.05, 3.63) is 59.9 Å². The predicted molar refractivity (Wildman–Crippen MR) is 120 cm³/mol. The molecule has 0 aliphatic rings. The van der Waals surface area contributed by atoms with Crippen LogP contribution in [0.25, 0.3) is 22.0 Å². The number of hydrogen-bond donors (Lipinski definition) is 3. The number of H-pyrrole nitrogens is 1. The van der Waals surface area contributed by atoms with Crippen molar-refractivity contribution in [1.82, 2.24) is 15.0 Å². The van der Waals surface area contributed by atoms with Crippen LogP contribution in [0, 0.1) is 0 Å². The summed E-state index contributed by atoms with van der Waals surface area (Å²) in [5.74, 6) is 2.06. The Bertz CT molecular complexity index is 1160. The molecule has 0 radical (unpaired) electrons. The van der Waals surface area contributed by atoms with E-state index in [1.165, 1.54) is 0 Å². The Morgan fingerprint density at radius 1 is 0.967 bits per heavy atom. The highest BCUT2D eigenvalue weighted by Gasteiger charge is 2.17. The summed E-state index contributed by atoms with van der Waals surface area (Å²) in [6.45, 7) is 5.02. The Hall–Kier alpha value is -3.74. The lowest BCUT2D eigenvalue weighted by atomic mass is 9.97. The van der Waals surface area contributed by atoms with Crippen LogP contribution in [0.15, 0.2) is 48.8 Å². The molecule has 30 heavy (non-hydrogen) atoms. The lowest BCUT2D eigenvalue weighted by Gasteiger charge is -2.18. The zero-order valence-electron chi connectivity index (χ0n) is 17.1. The van der Waals surface area contributed by atoms with Crippen LogP contribution in [0.4, 0.5) is 11.8 Å². The number of nitrogens with one attached hydrogen (secondary N) is 1. The van der Waals surface area contributed by atoms with Gasteiger partial charge in [-0.05, 0) is 54.6 Å². The van der Waals surface area contributed by atoms with Crippen LogP contribution in [-0.2, 0) is 6.42 Å². The van der Waals surface area contributed by atoms with Gasteiger partial charge < -0.3 is 25.9 Å². The minimum absolute atomic E-state index is 0.163. The maximum absolute atomic E-state index is 6.03. The number of hydrogen-bond acceptors (Lipinski definition) is 6. The third-order valence-electron chi connectivity index (χ3n) is 4.88. The lowest BCUT2D eigenvalue weighted by Crippen LogP contribution is -2.05. The van der Waals surface area contributed by atoms with Crippen molar-refractivity contribution in [3.63, 3.8) is 0 Å². The van der Waals surface area contributed by atoms with Crippen LogP contribution in [0.2, 0.25) is 0 Å². The Balaban J connectivity index is 1.82. The van der Waals surface area contributed by atoms with E-state index < -0.39 is 0 Å². The Labute approximate surface area is 175 Å². The fraction of sp³-hybridized carbons (Fsp3) is 0.217. The summed E-state index contributed by atoms with van der Waals surface area (Å²) in [6, 6.07) is 12.4. The van der Waals surface area contributed by atoms with E-state index in [9.17, 15) is 0 Å². The largest absolute Gasteiger partial charge is 0.493 e. The number of benzene rings is 2. The van der Waals surface area contributed by atoms with Gasteiger partial charge in [0.05, 0.1) is 18.8 Å². The SMILES string of the molecule is CCOc1cc(Cc2cnc(N)nc2N)cc(OCC)c1-c1ccc2cc[nH]c2c1. The Morgan fingerprint density at radius 2 is 1.70 bits per heavy atom. The zero-order chi connectivity index (χ0) is 21.1. The molecule has 0 atom stereocenters. The summed E-state index contributed by atoms with van der Waals surface area (Å²) >= 11 is 0. The molecule has 154 valence electrons. The molecule has 0 unspecified atom stereocenters. The number of anilines is 2. The molecule has 0 spiro atoms. The maximum atomic E-state index is 6.03. The third-order valence-corrected chi connectivity index (χ3v) is 4.88. The molecule has 0 aliphatic carbocycles. The standard InChI is InChI=1S/C23H25N5O2/c1-3-29-19-10-14(9-17-13-27-23(25)28-22(17)24)11-20(30-4-2)21(19)16-6-5-15-7-8-26-18(15)12-16/h5-8,10-13,26H,3-4,9H2,1-2H3,(H4,24,25,27,28). The van der Waals surface area contributed by atoms with E-state index in [0.29, 0.717) is 25.5 Å². The first-order valence-corrected chi connectivity index (χ1v) is 9.96. The van der Waals surface area contributed by atoms with Crippen molar-refractivity contribution in [2.24, 2.45) is 0 Å². The highest BCUT2D eigenvalue weighted by atomic mass is 16.5. The summed E-state index contributed by atoms with van der Waals surface area (Å²) in [7, 11) is 0. The first-order chi connectivity index (χ1) is 14.6. The van der Waals surface area contributed by atoms with Gasteiger partial charge in [-0.2, -0.15) is 4.98 Å². The smallest absolute Gasteiger partial charge is 0.221 e. The van der Waals surface area contributed by atoms with Gasteiger partial charge in [0, 0.05) is 29.9 Å². The van der Waals surface area contributed by atoms with E-state index in [2.05, 4.69) is 33.2 Å². The quantitative estimate of drug-likeness (QED) is 0.427. The molecule has 2 heterocycles. The summed E-state index contributed by atoms with van der Waals surface area (Å²) < 4.78 is 12.1. The number of fused-ring (bicyclic) bond motifs is 1. The van der Waals surface area contributed by atoms with E-state index in [0.717, 1.165) is 44.7 Å². The van der Waals surface area contributed by atoms with Gasteiger partial charge in [-0.25, -0.2) is 4.98 Å². The molecule has 0 bridgehead atoms. The number of aromatic amines is 1. The molecule has 2 aromatic carbocycles. The Kier molecular flexibility index (Phi) is 5.43. The molecule has 4 aromatic rings. The van der Waals surface area contributed by atoms with E-state index in [1.54, 1.807) is 6.20 Å².